The molecule has 0 spiro atoms. The minimum atomic E-state index is -3.14. The van der Waals surface area contributed by atoms with Gasteiger partial charge < -0.3 is 19.9 Å². The number of nitrogens with zero attached hydrogens (tertiary/aromatic N) is 1. The van der Waals surface area contributed by atoms with Crippen molar-refractivity contribution in [2.45, 2.75) is 18.6 Å². The average Bonchev–Trinajstić information content (AvgIpc) is 2.90. The van der Waals surface area contributed by atoms with E-state index in [1.54, 1.807) is 48.5 Å². The molecule has 1 heterocycles. The molecular formula is C28H28F2N2O4. The van der Waals surface area contributed by atoms with E-state index in [1.165, 1.54) is 29.9 Å². The van der Waals surface area contributed by atoms with E-state index in [0.29, 0.717) is 24.2 Å². The summed E-state index contributed by atoms with van der Waals surface area (Å²) in [5, 5.41) is 14.7. The number of fused-ring (bicyclic) bond motifs is 1. The molecule has 0 amide bonds. The van der Waals surface area contributed by atoms with Crippen LogP contribution in [-0.2, 0) is 12.3 Å². The van der Waals surface area contributed by atoms with Crippen molar-refractivity contribution in [2.24, 2.45) is 0 Å². The number of hydrogen-bond donors (Lipinski definition) is 2. The Morgan fingerprint density at radius 2 is 1.72 bits per heavy atom. The van der Waals surface area contributed by atoms with Gasteiger partial charge in [-0.15, -0.1) is 0 Å². The number of nitrogens with one attached hydrogen (secondary N) is 1. The number of hydrogen-bond acceptors (Lipinski definition) is 5. The van der Waals surface area contributed by atoms with Crippen LogP contribution in [0.1, 0.15) is 17.4 Å². The highest BCUT2D eigenvalue weighted by molar-refractivity contribution is 5.78. The van der Waals surface area contributed by atoms with Gasteiger partial charge in [0.05, 0.1) is 12.6 Å². The monoisotopic (exact) mass is 494 g/mol. The zero-order valence-electron chi connectivity index (χ0n) is 19.9. The molecule has 0 saturated heterocycles. The number of aromatic nitrogens is 1. The first-order valence-corrected chi connectivity index (χ1v) is 11.6. The summed E-state index contributed by atoms with van der Waals surface area (Å²) in [5.41, 5.74) is 1.18. The quantitative estimate of drug-likeness (QED) is 0.301. The van der Waals surface area contributed by atoms with E-state index in [9.17, 15) is 18.7 Å². The lowest BCUT2D eigenvalue weighted by atomic mass is 10.1. The van der Waals surface area contributed by atoms with Gasteiger partial charge in [0.1, 0.15) is 6.23 Å². The number of pyridine rings is 1. The largest absolute Gasteiger partial charge is 0.493 e. The smallest absolute Gasteiger partial charge is 0.306 e. The minimum absolute atomic E-state index is 0.111. The molecule has 4 rings (SSSR count). The van der Waals surface area contributed by atoms with Gasteiger partial charge in [-0.2, -0.15) is 8.78 Å². The molecule has 0 fully saturated rings. The fourth-order valence-corrected chi connectivity index (χ4v) is 3.99. The topological polar surface area (TPSA) is 72.7 Å². The molecule has 0 aliphatic heterocycles. The molecule has 0 saturated carbocycles. The number of aliphatic hydroxyl groups is 1. The van der Waals surface area contributed by atoms with E-state index in [0.717, 1.165) is 10.9 Å². The summed E-state index contributed by atoms with van der Waals surface area (Å²) in [6.45, 7) is -0.105. The van der Waals surface area contributed by atoms with Crippen molar-refractivity contribution in [1.29, 1.82) is 0 Å². The van der Waals surface area contributed by atoms with Crippen LogP contribution in [0.2, 0.25) is 0 Å². The molecule has 8 heteroatoms. The summed E-state index contributed by atoms with van der Waals surface area (Å²) in [5.74, 6) is -2.55. The predicted molar refractivity (Wildman–Crippen MR) is 135 cm³/mol. The normalized spacial score (nSPS) is 12.4. The maximum Gasteiger partial charge on any atom is 0.306 e. The first-order valence-electron chi connectivity index (χ1n) is 11.6. The highest BCUT2D eigenvalue weighted by atomic mass is 19.3. The summed E-state index contributed by atoms with van der Waals surface area (Å²) in [7, 11) is 1.46. The summed E-state index contributed by atoms with van der Waals surface area (Å²) in [4.78, 5) is 12.3. The molecule has 6 nitrogen and oxygen atoms in total. The molecular weight excluding hydrogens is 466 g/mol. The molecule has 0 aliphatic rings. The predicted octanol–water partition coefficient (Wildman–Crippen LogP) is 4.50. The molecule has 188 valence electrons. The van der Waals surface area contributed by atoms with E-state index in [-0.39, 0.29) is 23.4 Å². The van der Waals surface area contributed by atoms with Crippen LogP contribution in [0.3, 0.4) is 0 Å². The van der Waals surface area contributed by atoms with Crippen molar-refractivity contribution in [3.63, 3.8) is 0 Å². The number of alkyl halides is 2. The van der Waals surface area contributed by atoms with E-state index in [1.807, 2.05) is 18.2 Å². The first kappa shape index (κ1) is 25.3. The molecule has 0 bridgehead atoms. The standard InChI is InChI=1S/C28H28F2N2O4/c1-35-25-17-20(11-13-24(25)36-19-28(29,30)22-8-3-2-4-9-22)15-16-31-18-27(34)32-23-10-6-5-7-21(23)12-14-26(32)33/h2-14,17,27,31,34H,15-16,18-19H2,1H3. The third-order valence-electron chi connectivity index (χ3n) is 5.89. The van der Waals surface area contributed by atoms with Gasteiger partial charge in [0, 0.05) is 18.2 Å². The maximum absolute atomic E-state index is 14.4. The van der Waals surface area contributed by atoms with Gasteiger partial charge >= 0.3 is 5.92 Å². The summed E-state index contributed by atoms with van der Waals surface area (Å²) in [6, 6.07) is 23.2. The van der Waals surface area contributed by atoms with Crippen molar-refractivity contribution in [3.8, 4) is 11.5 Å². The Labute approximate surface area is 207 Å². The average molecular weight is 495 g/mol. The fourth-order valence-electron chi connectivity index (χ4n) is 3.99. The Kier molecular flexibility index (Phi) is 7.97. The van der Waals surface area contributed by atoms with Crippen molar-refractivity contribution >= 4 is 10.9 Å². The number of methoxy groups -OCH3 is 1. The van der Waals surface area contributed by atoms with Gasteiger partial charge in [0.2, 0.25) is 0 Å². The Bertz CT molecular complexity index is 1360. The number of rotatable bonds is 11. The molecule has 1 aromatic heterocycles. The summed E-state index contributed by atoms with van der Waals surface area (Å²) in [6.07, 6.45) is -0.436. The van der Waals surface area contributed by atoms with Crippen LogP contribution >= 0.6 is 0 Å². The van der Waals surface area contributed by atoms with Gasteiger partial charge in [0.25, 0.3) is 5.56 Å². The molecule has 3 aromatic carbocycles. The minimum Gasteiger partial charge on any atom is -0.493 e. The second-order valence-corrected chi connectivity index (χ2v) is 8.38. The van der Waals surface area contributed by atoms with Crippen LogP contribution in [0.15, 0.2) is 89.7 Å². The third-order valence-corrected chi connectivity index (χ3v) is 5.89. The van der Waals surface area contributed by atoms with Gasteiger partial charge in [-0.05, 0) is 48.2 Å². The Morgan fingerprint density at radius 1 is 0.972 bits per heavy atom. The highest BCUT2D eigenvalue weighted by Gasteiger charge is 2.32. The molecule has 1 atom stereocenters. The second-order valence-electron chi connectivity index (χ2n) is 8.38. The fraction of sp³-hybridized carbons (Fsp3) is 0.250. The van der Waals surface area contributed by atoms with Crippen molar-refractivity contribution in [2.75, 3.05) is 26.8 Å². The summed E-state index contributed by atoms with van der Waals surface area (Å²) < 4.78 is 41.0. The van der Waals surface area contributed by atoms with E-state index in [4.69, 9.17) is 9.47 Å². The molecule has 2 N–H and O–H groups in total. The van der Waals surface area contributed by atoms with Gasteiger partial charge in [-0.25, -0.2) is 0 Å². The van der Waals surface area contributed by atoms with Crippen molar-refractivity contribution in [1.82, 2.24) is 9.88 Å². The van der Waals surface area contributed by atoms with Crippen LogP contribution in [0.4, 0.5) is 8.78 Å². The van der Waals surface area contributed by atoms with Crippen molar-refractivity contribution < 1.29 is 23.4 Å². The number of para-hydroxylation sites is 1. The lowest BCUT2D eigenvalue weighted by Crippen LogP contribution is -2.32. The van der Waals surface area contributed by atoms with Gasteiger partial charge in [-0.3, -0.25) is 9.36 Å². The Hall–Kier alpha value is -3.75. The molecule has 0 radical (unpaired) electrons. The zero-order chi connectivity index (χ0) is 25.5. The molecule has 36 heavy (non-hydrogen) atoms. The van der Waals surface area contributed by atoms with Gasteiger partial charge in [-0.1, -0.05) is 54.6 Å². The third kappa shape index (κ3) is 5.90. The first-order chi connectivity index (χ1) is 17.4. The lowest BCUT2D eigenvalue weighted by molar-refractivity contribution is -0.0472. The maximum atomic E-state index is 14.4. The highest BCUT2D eigenvalue weighted by Crippen LogP contribution is 2.33. The summed E-state index contributed by atoms with van der Waals surface area (Å²) >= 11 is 0. The number of aliphatic hydroxyl groups excluding tert-OH is 1. The second kappa shape index (κ2) is 11.3. The number of benzene rings is 3. The van der Waals surface area contributed by atoms with Crippen LogP contribution in [0.25, 0.3) is 10.9 Å². The Morgan fingerprint density at radius 3 is 2.50 bits per heavy atom. The van der Waals surface area contributed by atoms with E-state index < -0.39 is 18.8 Å². The molecule has 4 aromatic rings. The lowest BCUT2D eigenvalue weighted by Gasteiger charge is -2.19. The zero-order valence-corrected chi connectivity index (χ0v) is 19.9. The van der Waals surface area contributed by atoms with Crippen LogP contribution < -0.4 is 20.3 Å². The number of ether oxygens (including phenoxy) is 2. The number of halogens is 2. The van der Waals surface area contributed by atoms with Crippen LogP contribution in [0.5, 0.6) is 11.5 Å². The van der Waals surface area contributed by atoms with Crippen molar-refractivity contribution in [3.05, 3.63) is 106 Å². The van der Waals surface area contributed by atoms with E-state index in [2.05, 4.69) is 5.32 Å². The van der Waals surface area contributed by atoms with E-state index >= 15 is 0 Å². The van der Waals surface area contributed by atoms with Crippen LogP contribution in [-0.4, -0.2) is 36.5 Å². The van der Waals surface area contributed by atoms with Crippen LogP contribution in [0, 0.1) is 0 Å². The van der Waals surface area contributed by atoms with Gasteiger partial charge in [0.15, 0.2) is 18.1 Å². The molecule has 1 unspecified atom stereocenters. The SMILES string of the molecule is COc1cc(CCNCC(O)n2c(=O)ccc3ccccc32)ccc1OCC(F)(F)c1ccccc1. The Balaban J connectivity index is 1.33. The molecule has 0 aliphatic carbocycles.